The van der Waals surface area contributed by atoms with Crippen LogP contribution in [-0.2, 0) is 11.3 Å². The highest BCUT2D eigenvalue weighted by Gasteiger charge is 2.30. The van der Waals surface area contributed by atoms with Gasteiger partial charge in [-0.25, -0.2) is 0 Å². The molecule has 36 heavy (non-hydrogen) atoms. The number of primary amides is 1. The summed E-state index contributed by atoms with van der Waals surface area (Å²) in [5.41, 5.74) is 7.03. The van der Waals surface area contributed by atoms with E-state index in [1.807, 2.05) is 37.3 Å². The zero-order chi connectivity index (χ0) is 25.8. The first-order valence-electron chi connectivity index (χ1n) is 11.6. The lowest BCUT2D eigenvalue weighted by atomic mass is 10.1. The zero-order valence-electron chi connectivity index (χ0n) is 20.0. The van der Waals surface area contributed by atoms with E-state index in [9.17, 15) is 14.4 Å². The van der Waals surface area contributed by atoms with Crippen molar-refractivity contribution in [2.45, 2.75) is 39.3 Å². The highest BCUT2D eigenvalue weighted by atomic mass is 79.9. The molecule has 2 heterocycles. The SMILES string of the molecule is CCC(c1nc2onc(C)c2c(=O)n1Cc1ccccc1)N(CCC(N)=O)C(=O)c1ccc(Br)cc1. The van der Waals surface area contributed by atoms with E-state index in [0.717, 1.165) is 10.0 Å². The molecule has 0 aliphatic heterocycles. The molecule has 1 unspecified atom stereocenters. The highest BCUT2D eigenvalue weighted by Crippen LogP contribution is 2.27. The van der Waals surface area contributed by atoms with Gasteiger partial charge in [-0.2, -0.15) is 4.98 Å². The van der Waals surface area contributed by atoms with Crippen LogP contribution in [0.1, 0.15) is 53.2 Å². The molecule has 2 aromatic carbocycles. The van der Waals surface area contributed by atoms with Crippen molar-refractivity contribution in [1.29, 1.82) is 0 Å². The Kier molecular flexibility index (Phi) is 7.64. The van der Waals surface area contributed by atoms with Crippen molar-refractivity contribution in [3.63, 3.8) is 0 Å². The summed E-state index contributed by atoms with van der Waals surface area (Å²) in [4.78, 5) is 45.2. The Morgan fingerprint density at radius 2 is 1.83 bits per heavy atom. The van der Waals surface area contributed by atoms with Crippen LogP contribution in [0.4, 0.5) is 0 Å². The summed E-state index contributed by atoms with van der Waals surface area (Å²) < 4.78 is 7.74. The van der Waals surface area contributed by atoms with Crippen LogP contribution in [0.5, 0.6) is 0 Å². The lowest BCUT2D eigenvalue weighted by Crippen LogP contribution is -2.40. The van der Waals surface area contributed by atoms with E-state index < -0.39 is 11.9 Å². The number of hydrogen-bond donors (Lipinski definition) is 1. The fourth-order valence-electron chi connectivity index (χ4n) is 4.19. The molecule has 0 saturated carbocycles. The molecule has 4 aromatic rings. The predicted molar refractivity (Wildman–Crippen MR) is 138 cm³/mol. The highest BCUT2D eigenvalue weighted by molar-refractivity contribution is 9.10. The molecular weight excluding hydrogens is 526 g/mol. The molecule has 0 aliphatic carbocycles. The van der Waals surface area contributed by atoms with E-state index in [0.29, 0.717) is 28.9 Å². The summed E-state index contributed by atoms with van der Waals surface area (Å²) in [6.45, 7) is 3.90. The van der Waals surface area contributed by atoms with Crippen LogP contribution >= 0.6 is 15.9 Å². The predicted octanol–water partition coefficient (Wildman–Crippen LogP) is 3.97. The molecule has 0 radical (unpaired) electrons. The summed E-state index contributed by atoms with van der Waals surface area (Å²) in [6.07, 6.45) is 0.395. The Hall–Kier alpha value is -3.79. The van der Waals surface area contributed by atoms with E-state index >= 15 is 0 Å². The van der Waals surface area contributed by atoms with Gasteiger partial charge in [0.1, 0.15) is 11.2 Å². The third-order valence-corrected chi connectivity index (χ3v) is 6.52. The monoisotopic (exact) mass is 551 g/mol. The molecule has 2 N–H and O–H groups in total. The number of nitrogens with zero attached hydrogens (tertiary/aromatic N) is 4. The number of benzene rings is 2. The maximum absolute atomic E-state index is 13.7. The van der Waals surface area contributed by atoms with Gasteiger partial charge in [-0.3, -0.25) is 19.0 Å². The van der Waals surface area contributed by atoms with Crippen LogP contribution in [0.3, 0.4) is 0 Å². The lowest BCUT2D eigenvalue weighted by Gasteiger charge is -2.32. The van der Waals surface area contributed by atoms with E-state index in [-0.39, 0.29) is 36.7 Å². The van der Waals surface area contributed by atoms with Crippen molar-refractivity contribution in [2.24, 2.45) is 5.73 Å². The normalized spacial score (nSPS) is 12.0. The fraction of sp³-hybridized carbons (Fsp3) is 0.269. The summed E-state index contributed by atoms with van der Waals surface area (Å²) in [6, 6.07) is 15.8. The van der Waals surface area contributed by atoms with E-state index in [4.69, 9.17) is 10.3 Å². The number of halogens is 1. The van der Waals surface area contributed by atoms with Crippen LogP contribution in [0.25, 0.3) is 11.1 Å². The number of amides is 2. The topological polar surface area (TPSA) is 124 Å². The van der Waals surface area contributed by atoms with Gasteiger partial charge in [-0.05, 0) is 43.2 Å². The lowest BCUT2D eigenvalue weighted by molar-refractivity contribution is -0.118. The van der Waals surface area contributed by atoms with Crippen molar-refractivity contribution >= 4 is 38.8 Å². The van der Waals surface area contributed by atoms with Gasteiger partial charge in [-0.15, -0.1) is 0 Å². The van der Waals surface area contributed by atoms with Gasteiger partial charge in [0.25, 0.3) is 17.2 Å². The maximum Gasteiger partial charge on any atom is 0.267 e. The average Bonchev–Trinajstić information content (AvgIpc) is 3.24. The first-order valence-corrected chi connectivity index (χ1v) is 12.3. The molecule has 0 aliphatic rings. The minimum absolute atomic E-state index is 0.0364. The van der Waals surface area contributed by atoms with Crippen LogP contribution in [0.2, 0.25) is 0 Å². The van der Waals surface area contributed by atoms with Crippen LogP contribution in [-0.4, -0.2) is 38.0 Å². The molecule has 10 heteroatoms. The van der Waals surface area contributed by atoms with Gasteiger partial charge >= 0.3 is 0 Å². The molecule has 2 amide bonds. The van der Waals surface area contributed by atoms with Crippen molar-refractivity contribution < 1.29 is 14.1 Å². The zero-order valence-corrected chi connectivity index (χ0v) is 21.6. The summed E-state index contributed by atoms with van der Waals surface area (Å²) >= 11 is 3.38. The molecule has 0 spiro atoms. The number of hydrogen-bond acceptors (Lipinski definition) is 6. The molecule has 1 atom stereocenters. The molecule has 2 aromatic heterocycles. The average molecular weight is 552 g/mol. The third-order valence-electron chi connectivity index (χ3n) is 5.99. The number of rotatable bonds is 9. The molecule has 4 rings (SSSR count). The third kappa shape index (κ3) is 5.23. The molecule has 0 bridgehead atoms. The molecule has 0 saturated heterocycles. The summed E-state index contributed by atoms with van der Waals surface area (Å²) in [5, 5.41) is 4.23. The van der Waals surface area contributed by atoms with Crippen LogP contribution < -0.4 is 11.3 Å². The van der Waals surface area contributed by atoms with Gasteiger partial charge in [0.15, 0.2) is 0 Å². The number of aryl methyl sites for hydroxylation is 1. The quantitative estimate of drug-likeness (QED) is 0.335. The number of carbonyl (C=O) groups excluding carboxylic acids is 2. The smallest absolute Gasteiger partial charge is 0.267 e. The van der Waals surface area contributed by atoms with Gasteiger partial charge in [0.05, 0.1) is 18.3 Å². The fourth-order valence-corrected chi connectivity index (χ4v) is 4.45. The van der Waals surface area contributed by atoms with Gasteiger partial charge < -0.3 is 15.2 Å². The Balaban J connectivity index is 1.87. The first kappa shape index (κ1) is 25.3. The standard InChI is InChI=1S/C26H26BrN5O4/c1-3-20(31(14-13-21(28)33)25(34)18-9-11-19(27)12-10-18)23-29-24-22(16(2)30-36-24)26(35)32(23)15-17-7-5-4-6-8-17/h4-12,20H,3,13-15H2,1-2H3,(H2,28,33). The molecule has 0 fully saturated rings. The van der Waals surface area contributed by atoms with Crippen LogP contribution in [0.15, 0.2) is 68.4 Å². The molecular formula is C26H26BrN5O4. The Morgan fingerprint density at radius 3 is 2.47 bits per heavy atom. The van der Waals surface area contributed by atoms with Gasteiger partial charge in [0.2, 0.25) is 5.91 Å². The number of aromatic nitrogens is 3. The summed E-state index contributed by atoms with van der Waals surface area (Å²) in [5.74, 6) is -0.482. The van der Waals surface area contributed by atoms with Crippen molar-refractivity contribution in [3.05, 3.63) is 92.1 Å². The number of fused-ring (bicyclic) bond motifs is 1. The minimum atomic E-state index is -0.633. The minimum Gasteiger partial charge on any atom is -0.370 e. The van der Waals surface area contributed by atoms with Gasteiger partial charge in [-0.1, -0.05) is 58.3 Å². The van der Waals surface area contributed by atoms with Crippen molar-refractivity contribution in [1.82, 2.24) is 19.6 Å². The first-order chi connectivity index (χ1) is 17.3. The van der Waals surface area contributed by atoms with Gasteiger partial charge in [0, 0.05) is 23.0 Å². The van der Waals surface area contributed by atoms with Crippen molar-refractivity contribution in [3.8, 4) is 0 Å². The number of nitrogens with two attached hydrogens (primary N) is 1. The van der Waals surface area contributed by atoms with Crippen LogP contribution in [0, 0.1) is 6.92 Å². The number of carbonyl (C=O) groups is 2. The Labute approximate surface area is 216 Å². The Morgan fingerprint density at radius 1 is 1.14 bits per heavy atom. The molecule has 9 nitrogen and oxygen atoms in total. The second-order valence-corrected chi connectivity index (χ2v) is 9.36. The maximum atomic E-state index is 13.7. The largest absolute Gasteiger partial charge is 0.370 e. The molecule has 186 valence electrons. The van der Waals surface area contributed by atoms with E-state index in [1.165, 1.54) is 0 Å². The Bertz CT molecular complexity index is 1450. The second kappa shape index (κ2) is 10.9. The van der Waals surface area contributed by atoms with Crippen molar-refractivity contribution in [2.75, 3.05) is 6.54 Å². The van der Waals surface area contributed by atoms with E-state index in [2.05, 4.69) is 26.1 Å². The summed E-state index contributed by atoms with van der Waals surface area (Å²) in [7, 11) is 0. The second-order valence-electron chi connectivity index (χ2n) is 8.44. The van der Waals surface area contributed by atoms with E-state index in [1.54, 1.807) is 40.7 Å².